The van der Waals surface area contributed by atoms with Crippen LogP contribution in [-0.4, -0.2) is 53.4 Å². The van der Waals surface area contributed by atoms with Crippen LogP contribution in [0.25, 0.3) is 11.4 Å². The van der Waals surface area contributed by atoms with E-state index in [1.165, 1.54) is 17.3 Å². The molecule has 1 amide bonds. The molecule has 1 N–H and O–H groups in total. The van der Waals surface area contributed by atoms with Crippen LogP contribution in [0.5, 0.6) is 11.5 Å². The molecule has 34 heavy (non-hydrogen) atoms. The number of hydrogen-bond acceptors (Lipinski definition) is 7. The van der Waals surface area contributed by atoms with Gasteiger partial charge in [-0.3, -0.25) is 9.36 Å². The van der Waals surface area contributed by atoms with E-state index < -0.39 is 0 Å². The van der Waals surface area contributed by atoms with Crippen molar-refractivity contribution in [3.05, 3.63) is 47.5 Å². The number of aryl methyl sites for hydroxylation is 2. The zero-order valence-corrected chi connectivity index (χ0v) is 20.8. The Labute approximate surface area is 204 Å². The third kappa shape index (κ3) is 5.53. The molecular weight excluding hydrogens is 452 g/mol. The summed E-state index contributed by atoms with van der Waals surface area (Å²) in [5, 5.41) is 12.5. The fraction of sp³-hybridized carbons (Fsp3) is 0.400. The summed E-state index contributed by atoms with van der Waals surface area (Å²) in [7, 11) is 3.21. The first-order valence-corrected chi connectivity index (χ1v) is 12.2. The number of rotatable bonds is 9. The minimum absolute atomic E-state index is 0.0902. The number of ether oxygens (including phenoxy) is 3. The van der Waals surface area contributed by atoms with Gasteiger partial charge in [-0.2, -0.15) is 0 Å². The van der Waals surface area contributed by atoms with Gasteiger partial charge < -0.3 is 19.5 Å². The van der Waals surface area contributed by atoms with Gasteiger partial charge in [0.1, 0.15) is 0 Å². The van der Waals surface area contributed by atoms with Gasteiger partial charge in [0.25, 0.3) is 0 Å². The zero-order valence-electron chi connectivity index (χ0n) is 20.0. The number of thioether (sulfide) groups is 1. The average Bonchev–Trinajstić information content (AvgIpc) is 3.50. The van der Waals surface area contributed by atoms with Crippen molar-refractivity contribution in [1.82, 2.24) is 14.8 Å². The van der Waals surface area contributed by atoms with Gasteiger partial charge in [-0.1, -0.05) is 17.8 Å². The Morgan fingerprint density at radius 3 is 2.65 bits per heavy atom. The molecule has 4 rings (SSSR count). The Morgan fingerprint density at radius 2 is 1.94 bits per heavy atom. The number of aromatic nitrogens is 3. The van der Waals surface area contributed by atoms with Crippen molar-refractivity contribution in [3.63, 3.8) is 0 Å². The molecule has 0 bridgehead atoms. The van der Waals surface area contributed by atoms with Crippen LogP contribution >= 0.6 is 11.8 Å². The topological polar surface area (TPSA) is 87.5 Å². The highest BCUT2D eigenvalue weighted by molar-refractivity contribution is 7.99. The van der Waals surface area contributed by atoms with E-state index in [-0.39, 0.29) is 17.8 Å². The number of nitrogens with zero attached hydrogens (tertiary/aromatic N) is 3. The Hall–Kier alpha value is -3.04. The molecule has 1 saturated heterocycles. The number of nitrogens with one attached hydrogen (secondary N) is 1. The first kappa shape index (κ1) is 24.1. The van der Waals surface area contributed by atoms with Crippen LogP contribution in [0.4, 0.5) is 5.69 Å². The van der Waals surface area contributed by atoms with Gasteiger partial charge in [0.05, 0.1) is 32.6 Å². The van der Waals surface area contributed by atoms with Crippen LogP contribution < -0.4 is 14.8 Å². The van der Waals surface area contributed by atoms with Crippen LogP contribution in [-0.2, 0) is 16.1 Å². The van der Waals surface area contributed by atoms with Gasteiger partial charge in [0, 0.05) is 17.9 Å². The van der Waals surface area contributed by atoms with Gasteiger partial charge >= 0.3 is 0 Å². The van der Waals surface area contributed by atoms with Gasteiger partial charge in [0.2, 0.25) is 5.91 Å². The van der Waals surface area contributed by atoms with E-state index in [1.807, 2.05) is 54.8 Å². The zero-order chi connectivity index (χ0) is 24.1. The van der Waals surface area contributed by atoms with Crippen LogP contribution in [0.3, 0.4) is 0 Å². The molecule has 0 unspecified atom stereocenters. The molecule has 0 aliphatic carbocycles. The molecule has 0 spiro atoms. The lowest BCUT2D eigenvalue weighted by Gasteiger charge is -2.15. The van der Waals surface area contributed by atoms with Crippen molar-refractivity contribution in [2.24, 2.45) is 0 Å². The molecule has 1 fully saturated rings. The molecule has 1 atom stereocenters. The normalized spacial score (nSPS) is 15.4. The van der Waals surface area contributed by atoms with E-state index in [4.69, 9.17) is 14.2 Å². The number of methoxy groups -OCH3 is 2. The van der Waals surface area contributed by atoms with E-state index in [2.05, 4.69) is 15.5 Å². The highest BCUT2D eigenvalue weighted by atomic mass is 32.2. The standard InChI is InChI=1S/C25H30N4O4S/c1-16-7-9-19(12-17(16)2)26-23(30)15-34-25-28-27-24(29(25)14-20-6-5-11-33-20)18-8-10-21(31-3)22(13-18)32-4/h7-10,12-13,20H,5-6,11,14-15H2,1-4H3,(H,26,30)/t20-/m1/s1. The van der Waals surface area contributed by atoms with E-state index in [0.717, 1.165) is 36.3 Å². The van der Waals surface area contributed by atoms with Crippen molar-refractivity contribution in [3.8, 4) is 22.9 Å². The number of carbonyl (C=O) groups excluding carboxylic acids is 1. The average molecular weight is 483 g/mol. The molecule has 0 saturated carbocycles. The monoisotopic (exact) mass is 482 g/mol. The van der Waals surface area contributed by atoms with E-state index >= 15 is 0 Å². The summed E-state index contributed by atoms with van der Waals surface area (Å²) in [5.74, 6) is 2.10. The molecule has 2 aromatic carbocycles. The third-order valence-corrected chi connectivity index (χ3v) is 6.86. The maximum absolute atomic E-state index is 12.6. The predicted molar refractivity (Wildman–Crippen MR) is 133 cm³/mol. The first-order valence-electron chi connectivity index (χ1n) is 11.3. The summed E-state index contributed by atoms with van der Waals surface area (Å²) in [6, 6.07) is 11.6. The Morgan fingerprint density at radius 1 is 1.12 bits per heavy atom. The first-order chi connectivity index (χ1) is 16.5. The van der Waals surface area contributed by atoms with E-state index in [9.17, 15) is 4.79 Å². The van der Waals surface area contributed by atoms with Crippen LogP contribution in [0.2, 0.25) is 0 Å². The van der Waals surface area contributed by atoms with Crippen molar-refractivity contribution < 1.29 is 19.0 Å². The SMILES string of the molecule is COc1ccc(-c2nnc(SCC(=O)Nc3ccc(C)c(C)c3)n2C[C@H]2CCCO2)cc1OC. The fourth-order valence-corrected chi connectivity index (χ4v) is 4.64. The minimum atomic E-state index is -0.0902. The highest BCUT2D eigenvalue weighted by Crippen LogP contribution is 2.33. The van der Waals surface area contributed by atoms with Gasteiger partial charge in [-0.05, 0) is 68.1 Å². The fourth-order valence-electron chi connectivity index (χ4n) is 3.89. The predicted octanol–water partition coefficient (Wildman–Crippen LogP) is 4.49. The maximum Gasteiger partial charge on any atom is 0.234 e. The summed E-state index contributed by atoms with van der Waals surface area (Å²) < 4.78 is 18.7. The number of anilines is 1. The minimum Gasteiger partial charge on any atom is -0.493 e. The van der Waals surface area contributed by atoms with E-state index in [0.29, 0.717) is 29.0 Å². The lowest BCUT2D eigenvalue weighted by Crippen LogP contribution is -2.18. The van der Waals surface area contributed by atoms with Crippen molar-refractivity contribution in [1.29, 1.82) is 0 Å². The van der Waals surface area contributed by atoms with Crippen LogP contribution in [0.1, 0.15) is 24.0 Å². The summed E-state index contributed by atoms with van der Waals surface area (Å²) in [6.45, 7) is 5.47. The van der Waals surface area contributed by atoms with Gasteiger partial charge in [-0.25, -0.2) is 0 Å². The molecule has 0 radical (unpaired) electrons. The van der Waals surface area contributed by atoms with Gasteiger partial charge in [-0.15, -0.1) is 10.2 Å². The molecule has 3 aromatic rings. The number of amides is 1. The van der Waals surface area contributed by atoms with Crippen molar-refractivity contribution in [2.45, 2.75) is 44.5 Å². The Kier molecular flexibility index (Phi) is 7.74. The largest absolute Gasteiger partial charge is 0.493 e. The molecule has 1 aromatic heterocycles. The molecule has 2 heterocycles. The van der Waals surface area contributed by atoms with Gasteiger partial charge in [0.15, 0.2) is 22.5 Å². The number of hydrogen-bond donors (Lipinski definition) is 1. The summed E-state index contributed by atoms with van der Waals surface area (Å²) >= 11 is 1.36. The summed E-state index contributed by atoms with van der Waals surface area (Å²) in [5.41, 5.74) is 3.98. The molecule has 9 heteroatoms. The molecule has 8 nitrogen and oxygen atoms in total. The lowest BCUT2D eigenvalue weighted by molar-refractivity contribution is -0.113. The molecule has 1 aliphatic rings. The summed E-state index contributed by atoms with van der Waals surface area (Å²) in [6.07, 6.45) is 2.12. The third-order valence-electron chi connectivity index (χ3n) is 5.89. The second kappa shape index (κ2) is 10.9. The summed E-state index contributed by atoms with van der Waals surface area (Å²) in [4.78, 5) is 12.6. The molecule has 180 valence electrons. The Balaban J connectivity index is 1.54. The van der Waals surface area contributed by atoms with Crippen molar-refractivity contribution in [2.75, 3.05) is 31.9 Å². The number of benzene rings is 2. The van der Waals surface area contributed by atoms with Crippen LogP contribution in [0.15, 0.2) is 41.6 Å². The maximum atomic E-state index is 12.6. The molecular formula is C25H30N4O4S. The van der Waals surface area contributed by atoms with E-state index in [1.54, 1.807) is 14.2 Å². The second-order valence-corrected chi connectivity index (χ2v) is 9.20. The number of carbonyl (C=O) groups is 1. The Bertz CT molecular complexity index is 1160. The lowest BCUT2D eigenvalue weighted by atomic mass is 10.1. The smallest absolute Gasteiger partial charge is 0.234 e. The quantitative estimate of drug-likeness (QED) is 0.450. The molecule has 1 aliphatic heterocycles. The highest BCUT2D eigenvalue weighted by Gasteiger charge is 2.23. The van der Waals surface area contributed by atoms with Crippen LogP contribution in [0, 0.1) is 13.8 Å². The van der Waals surface area contributed by atoms with Crippen molar-refractivity contribution >= 4 is 23.4 Å². The second-order valence-electron chi connectivity index (χ2n) is 8.26.